The van der Waals surface area contributed by atoms with Crippen LogP contribution in [0.4, 0.5) is 0 Å². The van der Waals surface area contributed by atoms with E-state index < -0.39 is 20.2 Å². The molecule has 0 unspecified atom stereocenters. The molecule has 0 fully saturated rings. The van der Waals surface area contributed by atoms with Crippen LogP contribution < -0.4 is 0 Å². The van der Waals surface area contributed by atoms with Gasteiger partial charge in [0, 0.05) is 0 Å². The van der Waals surface area contributed by atoms with E-state index in [2.05, 4.69) is 39.8 Å². The van der Waals surface area contributed by atoms with Gasteiger partial charge in [0.1, 0.15) is 20.2 Å². The van der Waals surface area contributed by atoms with Gasteiger partial charge in [-0.3, -0.25) is 0 Å². The molecule has 0 amide bonds. The summed E-state index contributed by atoms with van der Waals surface area (Å²) in [4.78, 5) is -0.165. The van der Waals surface area contributed by atoms with E-state index in [4.69, 9.17) is 0 Å². The minimum absolute atomic E-state index is 0. The van der Waals surface area contributed by atoms with Crippen molar-refractivity contribution >= 4 is 90.7 Å². The summed E-state index contributed by atoms with van der Waals surface area (Å²) in [5, 5.41) is 3.09. The summed E-state index contributed by atoms with van der Waals surface area (Å²) in [5.41, 5.74) is 4.84. The molecule has 0 bridgehead atoms. The van der Waals surface area contributed by atoms with E-state index in [1.807, 2.05) is 36.4 Å². The number of hydrogen-bond acceptors (Lipinski definition) is 6. The van der Waals surface area contributed by atoms with Crippen molar-refractivity contribution in [2.75, 3.05) is 0 Å². The van der Waals surface area contributed by atoms with Crippen molar-refractivity contribution in [1.29, 1.82) is 0 Å². The summed E-state index contributed by atoms with van der Waals surface area (Å²) in [6, 6.07) is 18.8. The molecule has 0 atom stereocenters. The Morgan fingerprint density at radius 1 is 0.304 bits per heavy atom. The van der Waals surface area contributed by atoms with Gasteiger partial charge in [0.05, 0.1) is 9.79 Å². The van der Waals surface area contributed by atoms with Gasteiger partial charge in [0.25, 0.3) is 0 Å². The maximum atomic E-state index is 11.8. The fraction of sp³-hybridized carbons (Fsp3) is 0.667. The van der Waals surface area contributed by atoms with E-state index in [9.17, 15) is 25.9 Å². The van der Waals surface area contributed by atoms with Crippen LogP contribution in [-0.2, 0) is 45.9 Å². The summed E-state index contributed by atoms with van der Waals surface area (Å²) in [6.45, 7) is 8.99. The first kappa shape index (κ1) is 63.9. The van der Waals surface area contributed by atoms with Crippen molar-refractivity contribution in [3.8, 4) is 0 Å². The van der Waals surface area contributed by atoms with Crippen molar-refractivity contribution in [3.63, 3.8) is 0 Å². The Bertz CT molecular complexity index is 2030. The Morgan fingerprint density at radius 2 is 0.551 bits per heavy atom. The number of hydrogen-bond donors (Lipinski definition) is 0. The quantitative estimate of drug-likeness (QED) is 0.0251. The second-order valence-electron chi connectivity index (χ2n) is 20.0. The van der Waals surface area contributed by atoms with Crippen LogP contribution in [0.2, 0.25) is 0 Å². The molecular weight excluding hydrogens is 1020 g/mol. The Labute approximate surface area is 463 Å². The van der Waals surface area contributed by atoms with Crippen molar-refractivity contribution in [3.05, 3.63) is 82.9 Å². The molecule has 0 spiro atoms. The molecule has 0 radical (unpaired) electrons. The molecule has 4 aromatic rings. The zero-order chi connectivity index (χ0) is 49.3. The maximum absolute atomic E-state index is 11.8. The first-order chi connectivity index (χ1) is 32.9. The molecule has 0 saturated heterocycles. The first-order valence-electron chi connectivity index (χ1n) is 27.9. The van der Waals surface area contributed by atoms with E-state index >= 15 is 0 Å². The molecule has 0 aromatic heterocycles. The van der Waals surface area contributed by atoms with Crippen molar-refractivity contribution in [1.82, 2.24) is 0 Å². The number of aryl methyl sites for hydroxylation is 4. The van der Waals surface area contributed by atoms with Crippen LogP contribution in [0.15, 0.2) is 70.5 Å². The van der Waals surface area contributed by atoms with Gasteiger partial charge in [0.15, 0.2) is 0 Å². The molecule has 0 saturated carbocycles. The van der Waals surface area contributed by atoms with Gasteiger partial charge in [-0.2, -0.15) is 0 Å². The minimum atomic E-state index is -4.48. The fourth-order valence-electron chi connectivity index (χ4n) is 9.86. The predicted molar refractivity (Wildman–Crippen MR) is 295 cm³/mol. The molecule has 4 rings (SSSR count). The van der Waals surface area contributed by atoms with Crippen LogP contribution in [0.1, 0.15) is 255 Å². The summed E-state index contributed by atoms with van der Waals surface area (Å²) >= 11 is 0. The molecule has 0 N–H and O–H groups in total. The maximum Gasteiger partial charge on any atom is 2.00 e. The monoisotopic (exact) mass is 1110 g/mol. The standard InChI is InChI=1S/2C30H48O3S.Ba/c2*1-3-5-7-9-11-13-15-17-19-26-21-23-28-29(25-26)27(22-24-30(28)34(31,32)33)20-18-16-14-12-10-8-6-4-2;/h2*21-25H,3-20H2,1-2H3,(H,31,32,33);/q;;+2/p-2. The topological polar surface area (TPSA) is 114 Å². The molecule has 6 nitrogen and oxygen atoms in total. The third-order valence-electron chi connectivity index (χ3n) is 14.0. The summed E-state index contributed by atoms with van der Waals surface area (Å²) in [7, 11) is -8.97. The molecule has 4 aromatic carbocycles. The zero-order valence-electron chi connectivity index (χ0n) is 44.2. The van der Waals surface area contributed by atoms with Crippen LogP contribution >= 0.6 is 0 Å². The van der Waals surface area contributed by atoms with Crippen molar-refractivity contribution in [2.45, 2.75) is 269 Å². The van der Waals surface area contributed by atoms with Gasteiger partial charge in [-0.05, 0) is 107 Å². The summed E-state index contributed by atoms with van der Waals surface area (Å²) in [6.07, 6.45) is 44.9. The number of fused-ring (bicyclic) bond motifs is 2. The molecular formula is C60H94BaO6S2. The van der Waals surface area contributed by atoms with Gasteiger partial charge in [-0.25, -0.2) is 16.8 Å². The van der Waals surface area contributed by atoms with E-state index in [1.165, 1.54) is 214 Å². The third-order valence-corrected chi connectivity index (χ3v) is 15.8. The number of unbranched alkanes of at least 4 members (excludes halogenated alkanes) is 28. The van der Waals surface area contributed by atoms with Gasteiger partial charge >= 0.3 is 48.9 Å². The molecule has 0 heterocycles. The average Bonchev–Trinajstić information content (AvgIpc) is 3.31. The van der Waals surface area contributed by atoms with Crippen LogP contribution in [0.3, 0.4) is 0 Å². The molecule has 0 aliphatic carbocycles. The molecule has 9 heteroatoms. The average molecular weight is 1110 g/mol. The van der Waals surface area contributed by atoms with Crippen molar-refractivity contribution < 1.29 is 25.9 Å². The SMILES string of the molecule is CCCCCCCCCCc1ccc2c(S(=O)(=O)[O-])ccc(CCCCCCCCCC)c2c1.CCCCCCCCCCc1ccc2c(S(=O)(=O)[O-])ccc(CCCCCCCCCC)c2c1.[Ba+2]. The largest absolute Gasteiger partial charge is 2.00 e. The van der Waals surface area contributed by atoms with Gasteiger partial charge < -0.3 is 9.11 Å². The molecule has 69 heavy (non-hydrogen) atoms. The Morgan fingerprint density at radius 3 is 0.812 bits per heavy atom. The minimum Gasteiger partial charge on any atom is -0.744 e. The molecule has 0 aliphatic heterocycles. The van der Waals surface area contributed by atoms with E-state index in [0.29, 0.717) is 10.8 Å². The fourth-order valence-corrected chi connectivity index (χ4v) is 11.2. The summed E-state index contributed by atoms with van der Waals surface area (Å²) in [5.74, 6) is 0. The molecule has 384 valence electrons. The van der Waals surface area contributed by atoms with Crippen LogP contribution in [0.5, 0.6) is 0 Å². The van der Waals surface area contributed by atoms with E-state index in [-0.39, 0.29) is 58.7 Å². The van der Waals surface area contributed by atoms with Crippen LogP contribution in [-0.4, -0.2) is 74.8 Å². The Hall–Kier alpha value is -1.21. The Kier molecular flexibility index (Phi) is 35.5. The van der Waals surface area contributed by atoms with Crippen molar-refractivity contribution in [2.24, 2.45) is 0 Å². The van der Waals surface area contributed by atoms with Crippen LogP contribution in [0, 0.1) is 0 Å². The first-order valence-corrected chi connectivity index (χ1v) is 30.8. The Balaban J connectivity index is 0.000000467. The second-order valence-corrected chi connectivity index (χ2v) is 22.7. The third kappa shape index (κ3) is 26.5. The zero-order valence-corrected chi connectivity index (χ0v) is 50.3. The van der Waals surface area contributed by atoms with Gasteiger partial charge in [-0.1, -0.05) is 256 Å². The number of benzene rings is 4. The van der Waals surface area contributed by atoms with Crippen LogP contribution in [0.25, 0.3) is 21.5 Å². The van der Waals surface area contributed by atoms with Gasteiger partial charge in [0.2, 0.25) is 0 Å². The number of rotatable bonds is 38. The second kappa shape index (κ2) is 38.4. The van der Waals surface area contributed by atoms with E-state index in [0.717, 1.165) is 62.1 Å². The summed E-state index contributed by atoms with van der Waals surface area (Å²) < 4.78 is 71.0. The normalized spacial score (nSPS) is 11.8. The van der Waals surface area contributed by atoms with E-state index in [1.54, 1.807) is 0 Å². The van der Waals surface area contributed by atoms with Gasteiger partial charge in [-0.15, -0.1) is 0 Å². The predicted octanol–water partition coefficient (Wildman–Crippen LogP) is 17.8. The smallest absolute Gasteiger partial charge is 0.744 e. The molecule has 0 aliphatic rings.